The van der Waals surface area contributed by atoms with Crippen molar-refractivity contribution in [2.24, 2.45) is 0 Å². The standard InChI is InChI=1S/C20H19F3N6O3/c1-32-13-7-9-29-15(10-13)27-17(20(21,22)23)16(29)14-6-8-24-19(26-14)25-12-4-2-11(3-5-12)18(30)28-31/h2-4,6-10,12,18,28,30-31H,5H2,1H3,(H,24,25,26). The summed E-state index contributed by atoms with van der Waals surface area (Å²) < 4.78 is 47.6. The van der Waals surface area contributed by atoms with Crippen molar-refractivity contribution in [1.29, 1.82) is 0 Å². The number of nitrogens with one attached hydrogen (secondary N) is 2. The first-order valence-corrected chi connectivity index (χ1v) is 9.49. The third-order valence-electron chi connectivity index (χ3n) is 4.88. The highest BCUT2D eigenvalue weighted by molar-refractivity contribution is 5.66. The minimum atomic E-state index is -4.69. The summed E-state index contributed by atoms with van der Waals surface area (Å²) in [6, 6.07) is 4.07. The maximum atomic E-state index is 13.7. The van der Waals surface area contributed by atoms with Crippen LogP contribution in [0.2, 0.25) is 0 Å². The summed E-state index contributed by atoms with van der Waals surface area (Å²) in [5.41, 5.74) is 1.07. The van der Waals surface area contributed by atoms with E-state index in [2.05, 4.69) is 20.3 Å². The van der Waals surface area contributed by atoms with Crippen LogP contribution in [0.5, 0.6) is 5.75 Å². The Balaban J connectivity index is 1.67. The van der Waals surface area contributed by atoms with Crippen LogP contribution in [-0.4, -0.2) is 49.0 Å². The number of fused-ring (bicyclic) bond motifs is 1. The van der Waals surface area contributed by atoms with E-state index in [1.165, 1.54) is 42.1 Å². The van der Waals surface area contributed by atoms with Gasteiger partial charge in [-0.2, -0.15) is 18.7 Å². The third kappa shape index (κ3) is 4.28. The molecule has 3 aromatic heterocycles. The average molecular weight is 448 g/mol. The molecule has 2 unspecified atom stereocenters. The normalized spacial score (nSPS) is 17.3. The molecule has 3 aromatic rings. The van der Waals surface area contributed by atoms with Gasteiger partial charge in [-0.05, 0) is 24.1 Å². The molecule has 0 saturated heterocycles. The Morgan fingerprint density at radius 1 is 1.28 bits per heavy atom. The van der Waals surface area contributed by atoms with Gasteiger partial charge in [0.05, 0.1) is 18.8 Å². The van der Waals surface area contributed by atoms with Crippen molar-refractivity contribution >= 4 is 11.6 Å². The molecule has 0 bridgehead atoms. The predicted octanol–water partition coefficient (Wildman–Crippen LogP) is 2.78. The summed E-state index contributed by atoms with van der Waals surface area (Å²) in [7, 11) is 1.42. The van der Waals surface area contributed by atoms with Gasteiger partial charge < -0.3 is 20.4 Å². The van der Waals surface area contributed by atoms with Crippen LogP contribution in [0.25, 0.3) is 17.0 Å². The molecule has 0 fully saturated rings. The molecule has 168 valence electrons. The lowest BCUT2D eigenvalue weighted by Gasteiger charge is -2.20. The van der Waals surface area contributed by atoms with Crippen molar-refractivity contribution in [2.75, 3.05) is 12.4 Å². The number of alkyl halides is 3. The third-order valence-corrected chi connectivity index (χ3v) is 4.88. The second kappa shape index (κ2) is 8.57. The minimum absolute atomic E-state index is 0.0448. The first-order valence-electron chi connectivity index (χ1n) is 9.49. The van der Waals surface area contributed by atoms with Gasteiger partial charge in [-0.25, -0.2) is 15.0 Å². The van der Waals surface area contributed by atoms with E-state index in [1.807, 2.05) is 0 Å². The van der Waals surface area contributed by atoms with Gasteiger partial charge in [-0.3, -0.25) is 4.40 Å². The zero-order valence-corrected chi connectivity index (χ0v) is 16.7. The quantitative estimate of drug-likeness (QED) is 0.336. The number of hydrogen-bond donors (Lipinski definition) is 4. The number of aliphatic hydroxyl groups is 1. The molecule has 0 amide bonds. The Bertz CT molecular complexity index is 1190. The van der Waals surface area contributed by atoms with Crippen LogP contribution in [0.15, 0.2) is 54.4 Å². The molecule has 3 heterocycles. The Morgan fingerprint density at radius 3 is 2.75 bits per heavy atom. The van der Waals surface area contributed by atoms with Crippen LogP contribution >= 0.6 is 0 Å². The monoisotopic (exact) mass is 448 g/mol. The number of anilines is 1. The summed E-state index contributed by atoms with van der Waals surface area (Å²) in [6.07, 6.45) is 2.39. The molecule has 0 saturated carbocycles. The van der Waals surface area contributed by atoms with E-state index in [9.17, 15) is 18.3 Å². The van der Waals surface area contributed by atoms with Crippen molar-refractivity contribution < 1.29 is 28.2 Å². The van der Waals surface area contributed by atoms with Crippen molar-refractivity contribution in [3.05, 3.63) is 60.1 Å². The number of nitrogens with zero attached hydrogens (tertiary/aromatic N) is 4. The van der Waals surface area contributed by atoms with Gasteiger partial charge >= 0.3 is 6.18 Å². The summed E-state index contributed by atoms with van der Waals surface area (Å²) in [4.78, 5) is 12.1. The maximum Gasteiger partial charge on any atom is 0.435 e. The molecule has 2 atom stereocenters. The summed E-state index contributed by atoms with van der Waals surface area (Å²) in [5, 5.41) is 21.4. The van der Waals surface area contributed by atoms with E-state index < -0.39 is 18.1 Å². The summed E-state index contributed by atoms with van der Waals surface area (Å²) in [5.74, 6) is 0.511. The number of aliphatic hydroxyl groups excluding tert-OH is 1. The van der Waals surface area contributed by atoms with Gasteiger partial charge in [0.2, 0.25) is 5.95 Å². The van der Waals surface area contributed by atoms with Crippen molar-refractivity contribution in [1.82, 2.24) is 24.8 Å². The fourth-order valence-corrected chi connectivity index (χ4v) is 3.34. The number of pyridine rings is 1. The van der Waals surface area contributed by atoms with Gasteiger partial charge in [0.25, 0.3) is 0 Å². The highest BCUT2D eigenvalue weighted by Crippen LogP contribution is 2.37. The number of imidazole rings is 1. The molecular weight excluding hydrogens is 429 g/mol. The number of methoxy groups -OCH3 is 1. The number of rotatable bonds is 6. The van der Waals surface area contributed by atoms with E-state index in [0.29, 0.717) is 17.7 Å². The van der Waals surface area contributed by atoms with Gasteiger partial charge in [-0.15, -0.1) is 0 Å². The van der Waals surface area contributed by atoms with Crippen LogP contribution in [0, 0.1) is 0 Å². The van der Waals surface area contributed by atoms with Gasteiger partial charge in [0.1, 0.15) is 17.1 Å². The van der Waals surface area contributed by atoms with E-state index in [-0.39, 0.29) is 29.0 Å². The molecular formula is C20H19F3N6O3. The van der Waals surface area contributed by atoms with E-state index in [1.54, 1.807) is 23.7 Å². The van der Waals surface area contributed by atoms with Crippen molar-refractivity contribution in [3.8, 4) is 17.1 Å². The maximum absolute atomic E-state index is 13.7. The van der Waals surface area contributed by atoms with Crippen molar-refractivity contribution in [2.45, 2.75) is 24.9 Å². The summed E-state index contributed by atoms with van der Waals surface area (Å²) >= 11 is 0. The van der Waals surface area contributed by atoms with Crippen LogP contribution in [-0.2, 0) is 6.18 Å². The van der Waals surface area contributed by atoms with E-state index >= 15 is 0 Å². The smallest absolute Gasteiger partial charge is 0.435 e. The largest absolute Gasteiger partial charge is 0.497 e. The van der Waals surface area contributed by atoms with Gasteiger partial charge in [-0.1, -0.05) is 18.2 Å². The van der Waals surface area contributed by atoms with Crippen LogP contribution in [0.3, 0.4) is 0 Å². The Kier molecular flexibility index (Phi) is 5.82. The molecule has 1 aliphatic rings. The van der Waals surface area contributed by atoms with E-state index in [4.69, 9.17) is 9.94 Å². The van der Waals surface area contributed by atoms with Crippen LogP contribution < -0.4 is 15.5 Å². The molecule has 4 rings (SSSR count). The Labute approximate surface area is 179 Å². The second-order valence-corrected chi connectivity index (χ2v) is 6.95. The zero-order chi connectivity index (χ0) is 22.9. The molecule has 4 N–H and O–H groups in total. The van der Waals surface area contributed by atoms with Crippen molar-refractivity contribution in [3.63, 3.8) is 0 Å². The Hall–Kier alpha value is -3.48. The van der Waals surface area contributed by atoms with E-state index in [0.717, 1.165) is 0 Å². The van der Waals surface area contributed by atoms with Crippen LogP contribution in [0.1, 0.15) is 12.1 Å². The molecule has 0 radical (unpaired) electrons. The average Bonchev–Trinajstić information content (AvgIpc) is 3.18. The number of ether oxygens (including phenoxy) is 1. The zero-order valence-electron chi connectivity index (χ0n) is 16.7. The SMILES string of the molecule is COc1ccn2c(-c3ccnc(NC4C=CC(C(O)NO)=CC4)n3)c(C(F)(F)F)nc2c1. The highest BCUT2D eigenvalue weighted by atomic mass is 19.4. The fraction of sp³-hybridized carbons (Fsp3) is 0.250. The second-order valence-electron chi connectivity index (χ2n) is 6.95. The lowest BCUT2D eigenvalue weighted by molar-refractivity contribution is -0.140. The molecule has 32 heavy (non-hydrogen) atoms. The molecule has 12 heteroatoms. The number of halogens is 3. The predicted molar refractivity (Wildman–Crippen MR) is 108 cm³/mol. The first kappa shape index (κ1) is 21.7. The van der Waals surface area contributed by atoms with Crippen LogP contribution in [0.4, 0.5) is 19.1 Å². The number of hydroxylamine groups is 1. The lowest BCUT2D eigenvalue weighted by atomic mass is 10.0. The Morgan fingerprint density at radius 2 is 2.09 bits per heavy atom. The lowest BCUT2D eigenvalue weighted by Crippen LogP contribution is -2.29. The topological polar surface area (TPSA) is 117 Å². The summed E-state index contributed by atoms with van der Waals surface area (Å²) in [6.45, 7) is 0. The molecule has 9 nitrogen and oxygen atoms in total. The molecule has 1 aliphatic carbocycles. The van der Waals surface area contributed by atoms with Gasteiger partial charge in [0.15, 0.2) is 11.9 Å². The molecule has 0 aliphatic heterocycles. The molecule has 0 aromatic carbocycles. The minimum Gasteiger partial charge on any atom is -0.497 e. The molecule has 0 spiro atoms. The fourth-order valence-electron chi connectivity index (χ4n) is 3.34. The number of hydrogen-bond acceptors (Lipinski definition) is 8. The van der Waals surface area contributed by atoms with Gasteiger partial charge in [0, 0.05) is 18.5 Å². The highest BCUT2D eigenvalue weighted by Gasteiger charge is 2.39. The number of aromatic nitrogens is 4. The first-order chi connectivity index (χ1) is 15.3.